The molecule has 0 atom stereocenters. The fraction of sp³-hybridized carbons (Fsp3) is 0.571. The molecule has 2 aliphatic heterocycles. The summed E-state index contributed by atoms with van der Waals surface area (Å²) >= 11 is 0. The van der Waals surface area contributed by atoms with Gasteiger partial charge in [-0.15, -0.1) is 0 Å². The monoisotopic (exact) mass is 342 g/mol. The molecule has 8 nitrogen and oxygen atoms in total. The van der Waals surface area contributed by atoms with Crippen LogP contribution in [-0.4, -0.2) is 49.7 Å². The molecule has 2 aliphatic rings. The van der Waals surface area contributed by atoms with Gasteiger partial charge in [0.1, 0.15) is 0 Å². The topological polar surface area (TPSA) is 99.0 Å². The van der Waals surface area contributed by atoms with Crippen molar-refractivity contribution in [3.63, 3.8) is 0 Å². The lowest BCUT2D eigenvalue weighted by atomic mass is 10.1. The molecule has 0 bridgehead atoms. The highest BCUT2D eigenvalue weighted by molar-refractivity contribution is 7.89. The maximum atomic E-state index is 12.9. The number of nitro benzene ring substituents is 1. The van der Waals surface area contributed by atoms with E-state index in [-0.39, 0.29) is 18.0 Å². The van der Waals surface area contributed by atoms with Crippen LogP contribution in [0, 0.1) is 17.0 Å². The molecule has 2 fully saturated rings. The van der Waals surface area contributed by atoms with E-state index < -0.39 is 26.4 Å². The molecule has 0 aliphatic carbocycles. The van der Waals surface area contributed by atoms with E-state index in [0.717, 1.165) is 0 Å². The predicted octanol–water partition coefficient (Wildman–Crippen LogP) is 1.43. The van der Waals surface area contributed by atoms with E-state index in [4.69, 9.17) is 9.47 Å². The first-order chi connectivity index (χ1) is 10.9. The highest BCUT2D eigenvalue weighted by Crippen LogP contribution is 2.36. The first-order valence-electron chi connectivity index (χ1n) is 7.38. The lowest BCUT2D eigenvalue weighted by molar-refractivity contribution is -0.387. The highest BCUT2D eigenvalue weighted by atomic mass is 32.2. The maximum absolute atomic E-state index is 12.9. The number of nitrogens with zero attached hydrogens (tertiary/aromatic N) is 2. The lowest BCUT2D eigenvalue weighted by Crippen LogP contribution is -2.47. The summed E-state index contributed by atoms with van der Waals surface area (Å²) in [4.78, 5) is 10.3. The number of hydrogen-bond donors (Lipinski definition) is 0. The van der Waals surface area contributed by atoms with Gasteiger partial charge in [0.25, 0.3) is 5.69 Å². The standard InChI is InChI=1S/C14H18N2O6S/c1-11-3-2-4-12(16(17)18)13(11)23(19,20)15-7-5-14(6-8-15)21-9-10-22-14/h2-4H,5-10H2,1H3. The maximum Gasteiger partial charge on any atom is 0.289 e. The number of piperidine rings is 1. The molecule has 0 N–H and O–H groups in total. The summed E-state index contributed by atoms with van der Waals surface area (Å²) in [6.07, 6.45) is 0.845. The van der Waals surface area contributed by atoms with Gasteiger partial charge in [-0.05, 0) is 12.5 Å². The molecule has 9 heteroatoms. The van der Waals surface area contributed by atoms with Crippen molar-refractivity contribution in [3.8, 4) is 0 Å². The van der Waals surface area contributed by atoms with Crippen LogP contribution in [-0.2, 0) is 19.5 Å². The Hall–Kier alpha value is -1.55. The third-order valence-corrected chi connectivity index (χ3v) is 6.38. The summed E-state index contributed by atoms with van der Waals surface area (Å²) in [6, 6.07) is 4.26. The molecule has 0 amide bonds. The van der Waals surface area contributed by atoms with E-state index in [1.807, 2.05) is 0 Å². The van der Waals surface area contributed by atoms with Crippen molar-refractivity contribution in [1.29, 1.82) is 0 Å². The van der Waals surface area contributed by atoms with Crippen molar-refractivity contribution in [1.82, 2.24) is 4.31 Å². The summed E-state index contributed by atoms with van der Waals surface area (Å²) in [5.74, 6) is -0.691. The first-order valence-corrected chi connectivity index (χ1v) is 8.82. The molecule has 2 saturated heterocycles. The molecule has 2 heterocycles. The minimum atomic E-state index is -3.93. The van der Waals surface area contributed by atoms with Gasteiger partial charge in [0.05, 0.1) is 18.1 Å². The molecule has 126 valence electrons. The minimum absolute atomic E-state index is 0.216. The predicted molar refractivity (Wildman–Crippen MR) is 80.5 cm³/mol. The minimum Gasteiger partial charge on any atom is -0.347 e. The second-order valence-electron chi connectivity index (χ2n) is 5.69. The van der Waals surface area contributed by atoms with Gasteiger partial charge in [-0.2, -0.15) is 4.31 Å². The average molecular weight is 342 g/mol. The summed E-state index contributed by atoms with van der Waals surface area (Å²) < 4.78 is 38.2. The Kier molecular flexibility index (Phi) is 4.13. The zero-order valence-corrected chi connectivity index (χ0v) is 13.5. The number of ether oxygens (including phenoxy) is 2. The molecule has 1 aromatic rings. The summed E-state index contributed by atoms with van der Waals surface area (Å²) in [7, 11) is -3.93. The number of aryl methyl sites for hydroxylation is 1. The number of benzene rings is 1. The number of sulfonamides is 1. The fourth-order valence-corrected chi connectivity index (χ4v) is 4.90. The zero-order valence-electron chi connectivity index (χ0n) is 12.7. The molecule has 1 aromatic carbocycles. The van der Waals surface area contributed by atoms with E-state index in [1.54, 1.807) is 13.0 Å². The Labute approximate surface area is 134 Å². The largest absolute Gasteiger partial charge is 0.347 e. The Balaban J connectivity index is 1.90. The van der Waals surface area contributed by atoms with Crippen LogP contribution in [0.2, 0.25) is 0 Å². The van der Waals surface area contributed by atoms with Crippen LogP contribution in [0.25, 0.3) is 0 Å². The summed E-state index contributed by atoms with van der Waals surface area (Å²) in [5, 5.41) is 11.2. The number of nitro groups is 1. The molecule has 0 saturated carbocycles. The molecular weight excluding hydrogens is 324 g/mol. The Morgan fingerprint density at radius 3 is 2.39 bits per heavy atom. The third-order valence-electron chi connectivity index (χ3n) is 4.28. The molecule has 1 spiro atoms. The van der Waals surface area contributed by atoms with Gasteiger partial charge in [0, 0.05) is 32.0 Å². The second-order valence-corrected chi connectivity index (χ2v) is 7.57. The molecule has 0 radical (unpaired) electrons. The van der Waals surface area contributed by atoms with E-state index in [1.165, 1.54) is 16.4 Å². The Bertz CT molecular complexity index is 717. The van der Waals surface area contributed by atoms with Crippen molar-refractivity contribution < 1.29 is 22.8 Å². The van der Waals surface area contributed by atoms with Gasteiger partial charge in [-0.25, -0.2) is 8.42 Å². The molecular formula is C14H18N2O6S. The average Bonchev–Trinajstić information content (AvgIpc) is 2.95. The quantitative estimate of drug-likeness (QED) is 0.609. The molecule has 0 unspecified atom stereocenters. The van der Waals surface area contributed by atoms with E-state index in [2.05, 4.69) is 0 Å². The first kappa shape index (κ1) is 16.3. The van der Waals surface area contributed by atoms with Crippen LogP contribution in [0.4, 0.5) is 5.69 Å². The lowest BCUT2D eigenvalue weighted by Gasteiger charge is -2.36. The summed E-state index contributed by atoms with van der Waals surface area (Å²) in [6.45, 7) is 3.02. The van der Waals surface area contributed by atoms with Gasteiger partial charge in [0.15, 0.2) is 10.7 Å². The van der Waals surface area contributed by atoms with Gasteiger partial charge in [-0.3, -0.25) is 10.1 Å². The van der Waals surface area contributed by atoms with Crippen molar-refractivity contribution in [3.05, 3.63) is 33.9 Å². The smallest absolute Gasteiger partial charge is 0.289 e. The molecule has 23 heavy (non-hydrogen) atoms. The highest BCUT2D eigenvalue weighted by Gasteiger charge is 2.44. The van der Waals surface area contributed by atoms with Crippen LogP contribution >= 0.6 is 0 Å². The van der Waals surface area contributed by atoms with Crippen molar-refractivity contribution in [2.45, 2.75) is 30.4 Å². The van der Waals surface area contributed by atoms with E-state index in [0.29, 0.717) is 31.6 Å². The van der Waals surface area contributed by atoms with E-state index in [9.17, 15) is 18.5 Å². The van der Waals surface area contributed by atoms with Crippen LogP contribution in [0.5, 0.6) is 0 Å². The normalized spacial score (nSPS) is 21.6. The number of hydrogen-bond acceptors (Lipinski definition) is 6. The Morgan fingerprint density at radius 1 is 1.22 bits per heavy atom. The van der Waals surface area contributed by atoms with Crippen LogP contribution in [0.3, 0.4) is 0 Å². The SMILES string of the molecule is Cc1cccc([N+](=O)[O-])c1S(=O)(=O)N1CCC2(CC1)OCCO2. The van der Waals surface area contributed by atoms with Gasteiger partial charge in [-0.1, -0.05) is 12.1 Å². The van der Waals surface area contributed by atoms with Gasteiger partial charge >= 0.3 is 0 Å². The van der Waals surface area contributed by atoms with Crippen LogP contribution in [0.1, 0.15) is 18.4 Å². The van der Waals surface area contributed by atoms with Crippen molar-refractivity contribution in [2.75, 3.05) is 26.3 Å². The summed E-state index contributed by atoms with van der Waals surface area (Å²) in [5.41, 5.74) is -0.0218. The molecule has 3 rings (SSSR count). The van der Waals surface area contributed by atoms with Crippen LogP contribution < -0.4 is 0 Å². The second kappa shape index (κ2) is 5.82. The van der Waals surface area contributed by atoms with Crippen LogP contribution in [0.15, 0.2) is 23.1 Å². The number of rotatable bonds is 3. The van der Waals surface area contributed by atoms with Crippen molar-refractivity contribution in [2.24, 2.45) is 0 Å². The fourth-order valence-electron chi connectivity index (χ4n) is 3.10. The van der Waals surface area contributed by atoms with Gasteiger partial charge in [0.2, 0.25) is 10.0 Å². The van der Waals surface area contributed by atoms with Gasteiger partial charge < -0.3 is 9.47 Å². The molecule has 0 aromatic heterocycles. The third kappa shape index (κ3) is 2.85. The Morgan fingerprint density at radius 2 is 1.83 bits per heavy atom. The van der Waals surface area contributed by atoms with Crippen molar-refractivity contribution >= 4 is 15.7 Å². The van der Waals surface area contributed by atoms with E-state index >= 15 is 0 Å². The zero-order chi connectivity index (χ0) is 16.7.